The Kier molecular flexibility index (Phi) is 4.81. The summed E-state index contributed by atoms with van der Waals surface area (Å²) in [5, 5.41) is 23.2. The Morgan fingerprint density at radius 3 is 2.73 bits per heavy atom. The molecular formula is C17H14FN3O4S. The maximum atomic E-state index is 13.5. The molecule has 0 saturated carbocycles. The fourth-order valence-electron chi connectivity index (χ4n) is 2.80. The summed E-state index contributed by atoms with van der Waals surface area (Å²) in [4.78, 5) is 23.3. The van der Waals surface area contributed by atoms with E-state index in [0.717, 1.165) is 17.2 Å². The van der Waals surface area contributed by atoms with Crippen molar-refractivity contribution in [1.29, 1.82) is 0 Å². The van der Waals surface area contributed by atoms with Crippen LogP contribution in [0.15, 0.2) is 36.4 Å². The zero-order chi connectivity index (χ0) is 18.8. The molecule has 7 nitrogen and oxygen atoms in total. The number of anilines is 1. The van der Waals surface area contributed by atoms with Crippen LogP contribution in [-0.4, -0.2) is 32.6 Å². The Labute approximate surface area is 153 Å². The summed E-state index contributed by atoms with van der Waals surface area (Å²) in [6.45, 7) is 1.01. The van der Waals surface area contributed by atoms with E-state index in [1.807, 2.05) is 4.90 Å². The molecule has 1 aliphatic rings. The number of nitrogens with zero attached hydrogens (tertiary/aromatic N) is 2. The van der Waals surface area contributed by atoms with Crippen LogP contribution in [0.3, 0.4) is 0 Å². The summed E-state index contributed by atoms with van der Waals surface area (Å²) in [5.41, 5.74) is 1.79. The normalized spacial score (nSPS) is 13.0. The minimum Gasteiger partial charge on any atom is -0.478 e. The topological polar surface area (TPSA) is 95.7 Å². The first kappa shape index (κ1) is 17.7. The van der Waals surface area contributed by atoms with Gasteiger partial charge in [-0.25, -0.2) is 9.18 Å². The molecule has 0 atom stereocenters. The van der Waals surface area contributed by atoms with E-state index in [1.54, 1.807) is 6.07 Å². The summed E-state index contributed by atoms with van der Waals surface area (Å²) in [5.74, 6) is -2.19. The molecule has 1 heterocycles. The van der Waals surface area contributed by atoms with Crippen molar-refractivity contribution in [2.45, 2.75) is 13.0 Å². The monoisotopic (exact) mass is 375 g/mol. The Morgan fingerprint density at radius 1 is 1.27 bits per heavy atom. The van der Waals surface area contributed by atoms with Crippen molar-refractivity contribution in [1.82, 2.24) is 4.90 Å². The zero-order valence-corrected chi connectivity index (χ0v) is 14.3. The lowest BCUT2D eigenvalue weighted by atomic mass is 9.99. The number of hydrogen-bond donors (Lipinski definition) is 2. The first-order valence-electron chi connectivity index (χ1n) is 7.70. The minimum atomic E-state index is -1.36. The number of nitro groups is 1. The van der Waals surface area contributed by atoms with Crippen LogP contribution in [0.4, 0.5) is 15.8 Å². The molecule has 0 unspecified atom stereocenters. The van der Waals surface area contributed by atoms with E-state index in [2.05, 4.69) is 5.32 Å². The van der Waals surface area contributed by atoms with Crippen molar-refractivity contribution in [2.24, 2.45) is 0 Å². The smallest absolute Gasteiger partial charge is 0.338 e. The van der Waals surface area contributed by atoms with Crippen LogP contribution in [0.5, 0.6) is 0 Å². The van der Waals surface area contributed by atoms with Gasteiger partial charge in [0.15, 0.2) is 5.11 Å². The van der Waals surface area contributed by atoms with Gasteiger partial charge in [-0.05, 0) is 48.0 Å². The lowest BCUT2D eigenvalue weighted by Gasteiger charge is -2.31. The number of non-ortho nitro benzene ring substituents is 1. The van der Waals surface area contributed by atoms with Gasteiger partial charge in [-0.15, -0.1) is 0 Å². The van der Waals surface area contributed by atoms with Gasteiger partial charge in [-0.1, -0.05) is 6.07 Å². The molecule has 2 aromatic rings. The van der Waals surface area contributed by atoms with Gasteiger partial charge < -0.3 is 15.3 Å². The average Bonchev–Trinajstić information content (AvgIpc) is 2.62. The van der Waals surface area contributed by atoms with Crippen molar-refractivity contribution < 1.29 is 19.2 Å². The first-order valence-corrected chi connectivity index (χ1v) is 8.11. The van der Waals surface area contributed by atoms with E-state index in [4.69, 9.17) is 17.3 Å². The summed E-state index contributed by atoms with van der Waals surface area (Å²) in [7, 11) is 0. The molecule has 0 amide bonds. The third-order valence-corrected chi connectivity index (χ3v) is 4.51. The number of fused-ring (bicyclic) bond motifs is 1. The lowest BCUT2D eigenvalue weighted by molar-refractivity contribution is -0.385. The van der Waals surface area contributed by atoms with Crippen molar-refractivity contribution in [3.8, 4) is 0 Å². The summed E-state index contributed by atoms with van der Waals surface area (Å²) in [6, 6.07) is 8.40. The molecule has 134 valence electrons. The van der Waals surface area contributed by atoms with Crippen LogP contribution < -0.4 is 5.32 Å². The molecule has 9 heteroatoms. The number of rotatable bonds is 3. The highest BCUT2D eigenvalue weighted by molar-refractivity contribution is 7.80. The van der Waals surface area contributed by atoms with E-state index >= 15 is 0 Å². The standard InChI is InChI=1S/C17H14FN3O4S/c18-15-4-2-12(8-14(15)16(22)23)19-17(26)20-6-5-10-1-3-13(21(24)25)7-11(10)9-20/h1-4,7-8H,5-6,9H2,(H,19,26)(H,22,23). The van der Waals surface area contributed by atoms with Gasteiger partial charge in [0.1, 0.15) is 5.82 Å². The molecule has 0 bridgehead atoms. The first-order chi connectivity index (χ1) is 12.3. The van der Waals surface area contributed by atoms with Crippen molar-refractivity contribution in [2.75, 3.05) is 11.9 Å². The second-order valence-corrected chi connectivity index (χ2v) is 6.20. The van der Waals surface area contributed by atoms with Gasteiger partial charge in [0, 0.05) is 30.9 Å². The zero-order valence-electron chi connectivity index (χ0n) is 13.4. The highest BCUT2D eigenvalue weighted by Gasteiger charge is 2.21. The van der Waals surface area contributed by atoms with Gasteiger partial charge in [-0.3, -0.25) is 10.1 Å². The number of nitro benzene ring substituents is 1. The van der Waals surface area contributed by atoms with Crippen molar-refractivity contribution in [3.05, 3.63) is 69.0 Å². The Hall–Kier alpha value is -3.07. The van der Waals surface area contributed by atoms with Gasteiger partial charge in [0.25, 0.3) is 5.69 Å². The van der Waals surface area contributed by atoms with Crippen molar-refractivity contribution in [3.63, 3.8) is 0 Å². The van der Waals surface area contributed by atoms with Crippen LogP contribution in [-0.2, 0) is 13.0 Å². The highest BCUT2D eigenvalue weighted by atomic mass is 32.1. The maximum Gasteiger partial charge on any atom is 0.338 e. The van der Waals surface area contributed by atoms with Crippen molar-refractivity contribution >= 4 is 34.7 Å². The van der Waals surface area contributed by atoms with Gasteiger partial charge in [0.2, 0.25) is 0 Å². The number of benzene rings is 2. The molecule has 0 aliphatic carbocycles. The fraction of sp³-hybridized carbons (Fsp3) is 0.176. The molecule has 3 rings (SSSR count). The second kappa shape index (κ2) is 7.04. The van der Waals surface area contributed by atoms with Gasteiger partial charge >= 0.3 is 5.97 Å². The van der Waals surface area contributed by atoms with Crippen LogP contribution in [0.2, 0.25) is 0 Å². The van der Waals surface area contributed by atoms with E-state index in [9.17, 15) is 19.3 Å². The maximum absolute atomic E-state index is 13.5. The quantitative estimate of drug-likeness (QED) is 0.483. The van der Waals surface area contributed by atoms with Gasteiger partial charge in [0.05, 0.1) is 10.5 Å². The molecule has 0 aromatic heterocycles. The SMILES string of the molecule is O=C(O)c1cc(NC(=S)N2CCc3ccc([N+](=O)[O-])cc3C2)ccc1F. The largest absolute Gasteiger partial charge is 0.478 e. The number of thiocarbonyl (C=S) groups is 1. The molecule has 0 radical (unpaired) electrons. The van der Waals surface area contributed by atoms with E-state index in [0.29, 0.717) is 30.3 Å². The van der Waals surface area contributed by atoms with Crippen LogP contribution in [0, 0.1) is 15.9 Å². The van der Waals surface area contributed by atoms with Crippen LogP contribution >= 0.6 is 12.2 Å². The minimum absolute atomic E-state index is 0.0223. The molecule has 0 saturated heterocycles. The molecule has 0 spiro atoms. The predicted molar refractivity (Wildman–Crippen MR) is 96.8 cm³/mol. The summed E-state index contributed by atoms with van der Waals surface area (Å²) < 4.78 is 13.5. The van der Waals surface area contributed by atoms with E-state index in [-0.39, 0.29) is 5.69 Å². The Balaban J connectivity index is 1.75. The van der Waals surface area contributed by atoms with Crippen LogP contribution in [0.25, 0.3) is 0 Å². The molecule has 2 N–H and O–H groups in total. The van der Waals surface area contributed by atoms with Crippen LogP contribution in [0.1, 0.15) is 21.5 Å². The molecule has 26 heavy (non-hydrogen) atoms. The highest BCUT2D eigenvalue weighted by Crippen LogP contribution is 2.24. The van der Waals surface area contributed by atoms with E-state index in [1.165, 1.54) is 24.3 Å². The molecule has 0 fully saturated rings. The predicted octanol–water partition coefficient (Wildman–Crippen LogP) is 3.19. The number of nitrogens with one attached hydrogen (secondary N) is 1. The number of hydrogen-bond acceptors (Lipinski definition) is 4. The molecule has 1 aliphatic heterocycles. The van der Waals surface area contributed by atoms with E-state index < -0.39 is 22.3 Å². The number of aromatic carboxylic acids is 1. The summed E-state index contributed by atoms with van der Waals surface area (Å²) in [6.07, 6.45) is 0.680. The third-order valence-electron chi connectivity index (χ3n) is 4.15. The number of halogens is 1. The fourth-order valence-corrected chi connectivity index (χ4v) is 3.07. The number of carbonyl (C=O) groups is 1. The summed E-state index contributed by atoms with van der Waals surface area (Å²) >= 11 is 5.35. The Bertz CT molecular complexity index is 919. The third kappa shape index (κ3) is 3.62. The molecule has 2 aromatic carbocycles. The Morgan fingerprint density at radius 2 is 2.04 bits per heavy atom. The second-order valence-electron chi connectivity index (χ2n) is 5.81. The van der Waals surface area contributed by atoms with Gasteiger partial charge in [-0.2, -0.15) is 0 Å². The average molecular weight is 375 g/mol. The number of carboxylic acids is 1. The number of carboxylic acid groups (broad SMARTS) is 1. The lowest BCUT2D eigenvalue weighted by Crippen LogP contribution is -2.38. The molecular weight excluding hydrogens is 361 g/mol.